The third kappa shape index (κ3) is 2.75. The third-order valence-corrected chi connectivity index (χ3v) is 3.23. The second kappa shape index (κ2) is 5.92. The standard InChI is InChI=1S/C15H14ClNO3/c1-3-20-15(19)13-7-11-6-10(4-5-12(11)17-13)14(18)9(2)8-16/h4-8,17H,3H2,1-2H3. The largest absolute Gasteiger partial charge is 0.461 e. The third-order valence-electron chi connectivity index (χ3n) is 2.90. The van der Waals surface area contributed by atoms with Gasteiger partial charge in [0.2, 0.25) is 0 Å². The van der Waals surface area contributed by atoms with Crippen LogP contribution in [0.25, 0.3) is 10.9 Å². The van der Waals surface area contributed by atoms with Gasteiger partial charge in [-0.2, -0.15) is 0 Å². The number of rotatable bonds is 4. The van der Waals surface area contributed by atoms with E-state index in [9.17, 15) is 9.59 Å². The Morgan fingerprint density at radius 2 is 2.10 bits per heavy atom. The van der Waals surface area contributed by atoms with Crippen LogP contribution in [0.1, 0.15) is 34.7 Å². The van der Waals surface area contributed by atoms with Gasteiger partial charge >= 0.3 is 5.97 Å². The number of carbonyl (C=O) groups excluding carboxylic acids is 2. The molecule has 0 bridgehead atoms. The zero-order chi connectivity index (χ0) is 14.7. The molecular weight excluding hydrogens is 278 g/mol. The Balaban J connectivity index is 2.40. The molecule has 0 aliphatic carbocycles. The maximum atomic E-state index is 12.0. The van der Waals surface area contributed by atoms with Crippen molar-refractivity contribution in [1.82, 2.24) is 4.98 Å². The molecule has 0 fully saturated rings. The van der Waals surface area contributed by atoms with E-state index in [1.54, 1.807) is 38.1 Å². The number of allylic oxidation sites excluding steroid dienone is 1. The molecule has 0 saturated carbocycles. The molecule has 104 valence electrons. The quantitative estimate of drug-likeness (QED) is 0.531. The van der Waals surface area contributed by atoms with Gasteiger partial charge in [0.15, 0.2) is 5.78 Å². The van der Waals surface area contributed by atoms with Crippen LogP contribution in [0.4, 0.5) is 0 Å². The van der Waals surface area contributed by atoms with Gasteiger partial charge in [-0.3, -0.25) is 4.79 Å². The van der Waals surface area contributed by atoms with Gasteiger partial charge in [-0.1, -0.05) is 11.6 Å². The first-order valence-electron chi connectivity index (χ1n) is 6.18. The number of ketones is 1. The highest BCUT2D eigenvalue weighted by Crippen LogP contribution is 2.20. The van der Waals surface area contributed by atoms with Crippen LogP contribution in [0.5, 0.6) is 0 Å². The van der Waals surface area contributed by atoms with E-state index in [-0.39, 0.29) is 5.78 Å². The van der Waals surface area contributed by atoms with E-state index in [0.29, 0.717) is 23.4 Å². The molecule has 1 N–H and O–H groups in total. The smallest absolute Gasteiger partial charge is 0.354 e. The van der Waals surface area contributed by atoms with Crippen molar-refractivity contribution in [3.05, 3.63) is 46.6 Å². The molecule has 2 aromatic rings. The van der Waals surface area contributed by atoms with Crippen LogP contribution < -0.4 is 0 Å². The van der Waals surface area contributed by atoms with Gasteiger partial charge in [0.1, 0.15) is 5.69 Å². The molecule has 5 heteroatoms. The topological polar surface area (TPSA) is 59.2 Å². The summed E-state index contributed by atoms with van der Waals surface area (Å²) in [6.45, 7) is 3.72. The maximum Gasteiger partial charge on any atom is 0.354 e. The number of benzene rings is 1. The molecule has 0 aliphatic heterocycles. The Kier molecular flexibility index (Phi) is 4.25. The van der Waals surface area contributed by atoms with Crippen LogP contribution >= 0.6 is 11.6 Å². The lowest BCUT2D eigenvalue weighted by Gasteiger charge is -2.00. The summed E-state index contributed by atoms with van der Waals surface area (Å²) in [6.07, 6.45) is 0. The number of nitrogens with one attached hydrogen (secondary N) is 1. The Labute approximate surface area is 121 Å². The second-order valence-electron chi connectivity index (χ2n) is 4.33. The summed E-state index contributed by atoms with van der Waals surface area (Å²) in [4.78, 5) is 26.6. The van der Waals surface area contributed by atoms with E-state index < -0.39 is 5.97 Å². The van der Waals surface area contributed by atoms with E-state index in [2.05, 4.69) is 4.98 Å². The van der Waals surface area contributed by atoms with E-state index in [4.69, 9.17) is 16.3 Å². The minimum atomic E-state index is -0.409. The number of aromatic amines is 1. The number of hydrogen-bond acceptors (Lipinski definition) is 3. The summed E-state index contributed by atoms with van der Waals surface area (Å²) in [6, 6.07) is 6.84. The van der Waals surface area contributed by atoms with Crippen molar-refractivity contribution in [2.75, 3.05) is 6.61 Å². The minimum absolute atomic E-state index is 0.138. The molecule has 1 aromatic heterocycles. The molecule has 2 rings (SSSR count). The summed E-state index contributed by atoms with van der Waals surface area (Å²) < 4.78 is 4.93. The zero-order valence-corrected chi connectivity index (χ0v) is 12.0. The molecular formula is C15H14ClNO3. The van der Waals surface area contributed by atoms with Crippen molar-refractivity contribution in [1.29, 1.82) is 0 Å². The summed E-state index contributed by atoms with van der Waals surface area (Å²) in [5, 5.41) is 0.779. The van der Waals surface area contributed by atoms with Crippen LogP contribution in [0, 0.1) is 0 Å². The summed E-state index contributed by atoms with van der Waals surface area (Å²) in [5.41, 5.74) is 3.40. The molecule has 0 aliphatic rings. The van der Waals surface area contributed by atoms with Crippen LogP contribution in [0.15, 0.2) is 35.4 Å². The summed E-state index contributed by atoms with van der Waals surface area (Å²) >= 11 is 5.55. The van der Waals surface area contributed by atoms with Crippen LogP contribution in [-0.2, 0) is 4.74 Å². The van der Waals surface area contributed by atoms with Crippen LogP contribution in [-0.4, -0.2) is 23.3 Å². The molecule has 0 atom stereocenters. The van der Waals surface area contributed by atoms with Crippen LogP contribution in [0.3, 0.4) is 0 Å². The van der Waals surface area contributed by atoms with Gasteiger partial charge in [0.05, 0.1) is 6.61 Å². The average molecular weight is 292 g/mol. The van der Waals surface area contributed by atoms with E-state index in [0.717, 1.165) is 10.9 Å². The number of H-pyrrole nitrogens is 1. The molecule has 1 heterocycles. The van der Waals surface area contributed by atoms with Crippen molar-refractivity contribution >= 4 is 34.3 Å². The number of carbonyl (C=O) groups is 2. The second-order valence-corrected chi connectivity index (χ2v) is 4.54. The highest BCUT2D eigenvalue weighted by atomic mass is 35.5. The number of esters is 1. The number of fused-ring (bicyclic) bond motifs is 1. The van der Waals surface area contributed by atoms with Crippen molar-refractivity contribution in [2.45, 2.75) is 13.8 Å². The Morgan fingerprint density at radius 3 is 2.75 bits per heavy atom. The predicted molar refractivity (Wildman–Crippen MR) is 78.2 cm³/mol. The van der Waals surface area contributed by atoms with Gasteiger partial charge in [-0.25, -0.2) is 4.79 Å². The lowest BCUT2D eigenvalue weighted by molar-refractivity contribution is 0.0520. The van der Waals surface area contributed by atoms with Gasteiger partial charge in [0, 0.05) is 27.6 Å². The molecule has 0 spiro atoms. The predicted octanol–water partition coefficient (Wildman–Crippen LogP) is 3.67. The maximum absolute atomic E-state index is 12.0. The molecule has 0 radical (unpaired) electrons. The van der Waals surface area contributed by atoms with E-state index in [1.165, 1.54) is 5.54 Å². The number of halogens is 1. The monoisotopic (exact) mass is 291 g/mol. The summed E-state index contributed by atoms with van der Waals surface area (Å²) in [5.74, 6) is -0.547. The highest BCUT2D eigenvalue weighted by Gasteiger charge is 2.13. The highest BCUT2D eigenvalue weighted by molar-refractivity contribution is 6.28. The van der Waals surface area contributed by atoms with Gasteiger partial charge in [0.25, 0.3) is 0 Å². The van der Waals surface area contributed by atoms with Gasteiger partial charge < -0.3 is 9.72 Å². The van der Waals surface area contributed by atoms with Gasteiger partial charge in [-0.15, -0.1) is 0 Å². The Morgan fingerprint density at radius 1 is 1.35 bits per heavy atom. The SMILES string of the molecule is CCOC(=O)c1cc2cc(C(=O)C(C)=CCl)ccc2[nH]1. The molecule has 4 nitrogen and oxygen atoms in total. The van der Waals surface area contributed by atoms with Crippen molar-refractivity contribution in [3.8, 4) is 0 Å². The molecule has 0 amide bonds. The van der Waals surface area contributed by atoms with Crippen molar-refractivity contribution in [3.63, 3.8) is 0 Å². The first kappa shape index (κ1) is 14.3. The minimum Gasteiger partial charge on any atom is -0.461 e. The Bertz CT molecular complexity index is 700. The van der Waals surface area contributed by atoms with Crippen molar-refractivity contribution < 1.29 is 14.3 Å². The lowest BCUT2D eigenvalue weighted by Crippen LogP contribution is -2.04. The fraction of sp³-hybridized carbons (Fsp3) is 0.200. The van der Waals surface area contributed by atoms with E-state index >= 15 is 0 Å². The fourth-order valence-corrected chi connectivity index (χ4v) is 1.97. The lowest BCUT2D eigenvalue weighted by atomic mass is 10.0. The molecule has 0 saturated heterocycles. The first-order valence-corrected chi connectivity index (χ1v) is 6.62. The average Bonchev–Trinajstić information content (AvgIpc) is 2.88. The summed E-state index contributed by atoms with van der Waals surface area (Å²) in [7, 11) is 0. The molecule has 1 aromatic carbocycles. The fourth-order valence-electron chi connectivity index (χ4n) is 1.87. The van der Waals surface area contributed by atoms with Crippen molar-refractivity contribution in [2.24, 2.45) is 0 Å². The number of ether oxygens (including phenoxy) is 1. The number of aromatic nitrogens is 1. The van der Waals surface area contributed by atoms with Crippen LogP contribution in [0.2, 0.25) is 0 Å². The molecule has 20 heavy (non-hydrogen) atoms. The van der Waals surface area contributed by atoms with Gasteiger partial charge in [-0.05, 0) is 38.1 Å². The molecule has 0 unspecified atom stereocenters. The number of Topliss-reactive ketones (excluding diaryl/α,β-unsaturated/α-hetero) is 1. The Hall–Kier alpha value is -2.07. The first-order chi connectivity index (χ1) is 9.56. The van der Waals surface area contributed by atoms with E-state index in [1.807, 2.05) is 0 Å². The zero-order valence-electron chi connectivity index (χ0n) is 11.2. The number of hydrogen-bond donors (Lipinski definition) is 1. The normalized spacial score (nSPS) is 11.7.